The van der Waals surface area contributed by atoms with Crippen LogP contribution in [0.5, 0.6) is 0 Å². The van der Waals surface area contributed by atoms with Gasteiger partial charge in [-0.2, -0.15) is 0 Å². The summed E-state index contributed by atoms with van der Waals surface area (Å²) < 4.78 is 11.2. The van der Waals surface area contributed by atoms with E-state index in [-0.39, 0.29) is 5.41 Å². The Morgan fingerprint density at radius 3 is 1.72 bits per heavy atom. The van der Waals surface area contributed by atoms with E-state index in [1.807, 2.05) is 56.4 Å². The van der Waals surface area contributed by atoms with Gasteiger partial charge in [-0.15, -0.1) is 0 Å². The zero-order valence-corrected chi connectivity index (χ0v) is 33.7. The molecular weight excluding hydrogens is 664 g/mol. The summed E-state index contributed by atoms with van der Waals surface area (Å²) in [5, 5.41) is 50.4. The highest BCUT2D eigenvalue weighted by Crippen LogP contribution is 2.40. The molecule has 0 aromatic carbocycles. The van der Waals surface area contributed by atoms with Crippen LogP contribution in [0.2, 0.25) is 0 Å². The van der Waals surface area contributed by atoms with Crippen LogP contribution >= 0.6 is 0 Å². The predicted molar refractivity (Wildman–Crippen MR) is 219 cm³/mol. The molecular formula is C46H66O7. The van der Waals surface area contributed by atoms with Crippen molar-refractivity contribution in [3.8, 4) is 0 Å². The molecule has 1 saturated heterocycles. The third-order valence-electron chi connectivity index (χ3n) is 9.56. The Morgan fingerprint density at radius 2 is 1.23 bits per heavy atom. The third kappa shape index (κ3) is 15.8. The quantitative estimate of drug-likeness (QED) is 0.101. The number of hydrogen-bond donors (Lipinski definition) is 5. The molecule has 0 radical (unpaired) electrons. The first kappa shape index (κ1) is 45.8. The monoisotopic (exact) mass is 730 g/mol. The van der Waals surface area contributed by atoms with E-state index >= 15 is 0 Å². The maximum Gasteiger partial charge on any atom is 0.187 e. The average molecular weight is 731 g/mol. The van der Waals surface area contributed by atoms with Crippen molar-refractivity contribution in [1.29, 1.82) is 0 Å². The van der Waals surface area contributed by atoms with Crippen LogP contribution < -0.4 is 0 Å². The largest absolute Gasteiger partial charge is 0.394 e. The molecule has 0 aromatic heterocycles. The Kier molecular flexibility index (Phi) is 19.1. The minimum absolute atomic E-state index is 0.257. The molecule has 1 heterocycles. The third-order valence-corrected chi connectivity index (χ3v) is 9.56. The minimum atomic E-state index is -1.56. The Hall–Kier alpha value is -3.40. The normalized spacial score (nSPS) is 26.9. The van der Waals surface area contributed by atoms with Gasteiger partial charge in [0.05, 0.1) is 12.2 Å². The van der Waals surface area contributed by atoms with Crippen LogP contribution in [0.25, 0.3) is 0 Å². The smallest absolute Gasteiger partial charge is 0.187 e. The van der Waals surface area contributed by atoms with E-state index in [1.165, 1.54) is 41.6 Å². The Balaban J connectivity index is 1.85. The van der Waals surface area contributed by atoms with Gasteiger partial charge in [0.25, 0.3) is 0 Å². The Bertz CT molecular complexity index is 1570. The van der Waals surface area contributed by atoms with Gasteiger partial charge in [-0.25, -0.2) is 0 Å². The highest BCUT2D eigenvalue weighted by Gasteiger charge is 2.46. The highest BCUT2D eigenvalue weighted by molar-refractivity contribution is 5.37. The summed E-state index contributed by atoms with van der Waals surface area (Å²) in [6.07, 6.45) is 30.1. The van der Waals surface area contributed by atoms with E-state index in [1.54, 1.807) is 26.0 Å². The first-order valence-electron chi connectivity index (χ1n) is 18.7. The van der Waals surface area contributed by atoms with Gasteiger partial charge in [0.2, 0.25) is 0 Å². The van der Waals surface area contributed by atoms with Crippen LogP contribution in [0, 0.1) is 5.41 Å². The fourth-order valence-electron chi connectivity index (χ4n) is 5.98. The van der Waals surface area contributed by atoms with E-state index in [9.17, 15) is 25.5 Å². The molecule has 5 N–H and O–H groups in total. The average Bonchev–Trinajstić information content (AvgIpc) is 3.08. The van der Waals surface area contributed by atoms with Crippen molar-refractivity contribution in [3.63, 3.8) is 0 Å². The van der Waals surface area contributed by atoms with Crippen molar-refractivity contribution in [1.82, 2.24) is 0 Å². The van der Waals surface area contributed by atoms with Crippen LogP contribution in [0.15, 0.2) is 142 Å². The van der Waals surface area contributed by atoms with Gasteiger partial charge >= 0.3 is 0 Å². The molecule has 7 nitrogen and oxygen atoms in total. The topological polar surface area (TPSA) is 120 Å². The molecule has 6 atom stereocenters. The van der Waals surface area contributed by atoms with Gasteiger partial charge in [-0.1, -0.05) is 151 Å². The molecule has 0 saturated carbocycles. The van der Waals surface area contributed by atoms with Crippen LogP contribution in [-0.4, -0.2) is 74.6 Å². The molecule has 7 heteroatoms. The van der Waals surface area contributed by atoms with E-state index in [4.69, 9.17) is 9.47 Å². The van der Waals surface area contributed by atoms with Gasteiger partial charge in [0.15, 0.2) is 6.29 Å². The lowest BCUT2D eigenvalue weighted by Crippen LogP contribution is -2.61. The van der Waals surface area contributed by atoms with E-state index in [0.29, 0.717) is 0 Å². The van der Waals surface area contributed by atoms with E-state index in [0.717, 1.165) is 16.7 Å². The molecule has 2 aliphatic rings. The van der Waals surface area contributed by atoms with Crippen LogP contribution in [0.3, 0.4) is 0 Å². The minimum Gasteiger partial charge on any atom is -0.394 e. The molecule has 53 heavy (non-hydrogen) atoms. The Labute approximate surface area is 319 Å². The lowest BCUT2D eigenvalue weighted by atomic mass is 9.72. The molecule has 0 aromatic rings. The van der Waals surface area contributed by atoms with Crippen LogP contribution in [0.1, 0.15) is 88.5 Å². The SMILES string of the molecule is CC(C=CC=C(C)C=CC(O)C(C)(C)OC1OC(CO)C(O)C(O)C1O)=CC=CC(C)=C/C=C/C=C(C)/C=C/C=C(C)/C=C/C1=C(C)CCCC1(C)C. The Morgan fingerprint density at radius 1 is 0.755 bits per heavy atom. The van der Waals surface area contributed by atoms with E-state index < -0.39 is 49.0 Å². The number of ether oxygens (including phenoxy) is 2. The second-order valence-electron chi connectivity index (χ2n) is 15.5. The molecule has 292 valence electrons. The lowest BCUT2D eigenvalue weighted by Gasteiger charge is -2.43. The van der Waals surface area contributed by atoms with Crippen molar-refractivity contribution >= 4 is 0 Å². The number of rotatable bonds is 16. The second kappa shape index (κ2) is 22.1. The molecule has 0 spiro atoms. The van der Waals surface area contributed by atoms with Crippen molar-refractivity contribution in [2.45, 2.75) is 131 Å². The summed E-state index contributed by atoms with van der Waals surface area (Å²) in [4.78, 5) is 0. The van der Waals surface area contributed by atoms with Gasteiger partial charge in [-0.3, -0.25) is 0 Å². The molecule has 1 aliphatic carbocycles. The first-order chi connectivity index (χ1) is 24.9. The zero-order valence-electron chi connectivity index (χ0n) is 33.7. The summed E-state index contributed by atoms with van der Waals surface area (Å²) in [5.74, 6) is 0. The van der Waals surface area contributed by atoms with Crippen molar-refractivity contribution in [2.75, 3.05) is 6.61 Å². The molecule has 2 rings (SSSR count). The summed E-state index contributed by atoms with van der Waals surface area (Å²) >= 11 is 0. The van der Waals surface area contributed by atoms with Crippen LogP contribution in [-0.2, 0) is 9.47 Å². The zero-order chi connectivity index (χ0) is 39.8. The number of aliphatic hydroxyl groups excluding tert-OH is 5. The summed E-state index contributed by atoms with van der Waals surface area (Å²) in [5.41, 5.74) is 7.56. The van der Waals surface area contributed by atoms with Gasteiger partial charge in [0, 0.05) is 0 Å². The number of aliphatic hydroxyl groups is 5. The second-order valence-corrected chi connectivity index (χ2v) is 15.5. The van der Waals surface area contributed by atoms with Gasteiger partial charge < -0.3 is 35.0 Å². The summed E-state index contributed by atoms with van der Waals surface area (Å²) in [6, 6.07) is 0. The molecule has 0 amide bonds. The fraction of sp³-hybridized carbons (Fsp3) is 0.478. The number of allylic oxidation sites excluding steroid dienone is 23. The van der Waals surface area contributed by atoms with Gasteiger partial charge in [-0.05, 0) is 85.6 Å². The predicted octanol–water partition coefficient (Wildman–Crippen LogP) is 8.54. The maximum absolute atomic E-state index is 10.8. The van der Waals surface area contributed by atoms with Crippen molar-refractivity contribution in [3.05, 3.63) is 142 Å². The van der Waals surface area contributed by atoms with Crippen molar-refractivity contribution < 1.29 is 35.0 Å². The molecule has 1 aliphatic heterocycles. The molecule has 1 fully saturated rings. The first-order valence-corrected chi connectivity index (χ1v) is 18.7. The van der Waals surface area contributed by atoms with Gasteiger partial charge in [0.1, 0.15) is 30.5 Å². The highest BCUT2D eigenvalue weighted by atomic mass is 16.7. The van der Waals surface area contributed by atoms with Crippen molar-refractivity contribution in [2.24, 2.45) is 5.41 Å². The summed E-state index contributed by atoms with van der Waals surface area (Å²) in [7, 11) is 0. The van der Waals surface area contributed by atoms with Crippen LogP contribution in [0.4, 0.5) is 0 Å². The standard InChI is InChI=1S/C46H66O7/c1-32(17-11-12-18-33(2)20-14-23-35(4)26-28-38-37(6)25-16-30-45(38,7)8)19-13-21-34(3)22-15-24-36(5)27-29-40(48)46(9,10)53-44-43(51)42(50)41(49)39(31-47)52-44/h11-15,17-24,26-29,39-44,47-51H,16,25,30-31H2,1-10H3/b12-11+,19-13?,20-14+,22-15?,28-26+,29-27?,32-17?,33-18+,34-21?,35-23+,36-24?. The molecule has 0 bridgehead atoms. The molecule has 6 unspecified atom stereocenters. The lowest BCUT2D eigenvalue weighted by molar-refractivity contribution is -0.329. The van der Waals surface area contributed by atoms with E-state index in [2.05, 4.69) is 90.2 Å². The number of hydrogen-bond acceptors (Lipinski definition) is 7. The maximum atomic E-state index is 10.8. The summed E-state index contributed by atoms with van der Waals surface area (Å²) in [6.45, 7) is 19.9. The fourth-order valence-corrected chi connectivity index (χ4v) is 5.98.